The number of hydrogen-bond acceptors (Lipinski definition) is 5. The zero-order chi connectivity index (χ0) is 12.2. The van der Waals surface area contributed by atoms with E-state index in [1.165, 1.54) is 4.88 Å². The molecule has 18 heavy (non-hydrogen) atoms. The molecule has 5 heteroatoms. The van der Waals surface area contributed by atoms with E-state index in [1.54, 1.807) is 11.3 Å². The summed E-state index contributed by atoms with van der Waals surface area (Å²) in [6, 6.07) is 4.23. The Labute approximate surface area is 110 Å². The van der Waals surface area contributed by atoms with E-state index in [0.29, 0.717) is 5.92 Å². The van der Waals surface area contributed by atoms with E-state index < -0.39 is 0 Å². The van der Waals surface area contributed by atoms with Gasteiger partial charge in [-0.1, -0.05) is 6.07 Å². The van der Waals surface area contributed by atoms with E-state index >= 15 is 0 Å². The van der Waals surface area contributed by atoms with Gasteiger partial charge in [-0.2, -0.15) is 0 Å². The summed E-state index contributed by atoms with van der Waals surface area (Å²) in [4.78, 5) is 1.37. The van der Waals surface area contributed by atoms with Crippen molar-refractivity contribution >= 4 is 11.3 Å². The number of nitrogens with zero attached hydrogens (tertiary/aromatic N) is 2. The van der Waals surface area contributed by atoms with Gasteiger partial charge in [-0.05, 0) is 43.8 Å². The smallest absolute Gasteiger partial charge is 0.219 e. The quantitative estimate of drug-likeness (QED) is 0.920. The Morgan fingerprint density at radius 3 is 2.94 bits per heavy atom. The fourth-order valence-corrected chi connectivity index (χ4v) is 3.00. The second-order valence-corrected chi connectivity index (χ2v) is 5.67. The summed E-state index contributed by atoms with van der Waals surface area (Å²) in [6.45, 7) is 2.11. The van der Waals surface area contributed by atoms with E-state index in [9.17, 15) is 0 Å². The third-order valence-corrected chi connectivity index (χ3v) is 4.27. The van der Waals surface area contributed by atoms with Crippen LogP contribution in [0.25, 0.3) is 0 Å². The van der Waals surface area contributed by atoms with Crippen LogP contribution in [0, 0.1) is 0 Å². The highest BCUT2D eigenvalue weighted by molar-refractivity contribution is 7.09. The van der Waals surface area contributed by atoms with Crippen LogP contribution in [0.1, 0.15) is 35.4 Å². The second kappa shape index (κ2) is 5.63. The average Bonchev–Trinajstić information content (AvgIpc) is 3.09. The normalized spacial score (nSPS) is 17.1. The molecule has 3 heterocycles. The third-order valence-electron chi connectivity index (χ3n) is 3.34. The predicted octanol–water partition coefficient (Wildman–Crippen LogP) is 2.38. The van der Waals surface area contributed by atoms with Crippen molar-refractivity contribution in [3.05, 3.63) is 34.2 Å². The van der Waals surface area contributed by atoms with Crippen molar-refractivity contribution < 1.29 is 4.42 Å². The van der Waals surface area contributed by atoms with Gasteiger partial charge in [0.25, 0.3) is 0 Å². The van der Waals surface area contributed by atoms with Crippen molar-refractivity contribution in [2.75, 3.05) is 13.1 Å². The first-order valence-electron chi connectivity index (χ1n) is 6.47. The van der Waals surface area contributed by atoms with Crippen LogP contribution in [0.15, 0.2) is 21.9 Å². The van der Waals surface area contributed by atoms with Crippen LogP contribution in [0.3, 0.4) is 0 Å². The average molecular weight is 263 g/mol. The molecule has 0 aromatic carbocycles. The molecule has 3 rings (SSSR count). The van der Waals surface area contributed by atoms with Gasteiger partial charge < -0.3 is 9.73 Å². The van der Waals surface area contributed by atoms with Crippen LogP contribution in [-0.2, 0) is 12.8 Å². The van der Waals surface area contributed by atoms with Gasteiger partial charge in [0.2, 0.25) is 11.8 Å². The maximum absolute atomic E-state index is 5.78. The van der Waals surface area contributed by atoms with Gasteiger partial charge >= 0.3 is 0 Å². The van der Waals surface area contributed by atoms with Crippen molar-refractivity contribution in [3.8, 4) is 0 Å². The highest BCUT2D eigenvalue weighted by atomic mass is 32.1. The molecule has 1 fully saturated rings. The molecule has 1 N–H and O–H groups in total. The largest absolute Gasteiger partial charge is 0.425 e. The van der Waals surface area contributed by atoms with Crippen LogP contribution in [0.2, 0.25) is 0 Å². The fraction of sp³-hybridized carbons (Fsp3) is 0.538. The van der Waals surface area contributed by atoms with Gasteiger partial charge in [-0.3, -0.25) is 0 Å². The summed E-state index contributed by atoms with van der Waals surface area (Å²) in [5.74, 6) is 2.06. The van der Waals surface area contributed by atoms with Gasteiger partial charge in [0.15, 0.2) is 0 Å². The first-order chi connectivity index (χ1) is 8.92. The Morgan fingerprint density at radius 1 is 1.28 bits per heavy atom. The summed E-state index contributed by atoms with van der Waals surface area (Å²) >= 11 is 1.78. The molecule has 0 radical (unpaired) electrons. The number of aromatic nitrogens is 2. The highest BCUT2D eigenvalue weighted by Gasteiger charge is 2.20. The number of rotatable bonds is 4. The van der Waals surface area contributed by atoms with Gasteiger partial charge in [0.05, 0.1) is 0 Å². The number of nitrogens with one attached hydrogen (secondary N) is 1. The monoisotopic (exact) mass is 263 g/mol. The van der Waals surface area contributed by atoms with E-state index in [1.807, 2.05) is 0 Å². The van der Waals surface area contributed by atoms with Crippen LogP contribution in [0.5, 0.6) is 0 Å². The number of hydrogen-bond donors (Lipinski definition) is 1. The molecule has 1 aliphatic heterocycles. The summed E-state index contributed by atoms with van der Waals surface area (Å²) in [7, 11) is 0. The molecule has 0 amide bonds. The molecule has 0 atom stereocenters. The molecule has 1 saturated heterocycles. The molecule has 0 saturated carbocycles. The van der Waals surface area contributed by atoms with Gasteiger partial charge in [0.1, 0.15) is 0 Å². The van der Waals surface area contributed by atoms with Crippen molar-refractivity contribution in [1.29, 1.82) is 0 Å². The van der Waals surface area contributed by atoms with Crippen molar-refractivity contribution in [1.82, 2.24) is 15.5 Å². The Morgan fingerprint density at radius 2 is 2.17 bits per heavy atom. The lowest BCUT2D eigenvalue weighted by Gasteiger charge is -2.18. The Kier molecular flexibility index (Phi) is 3.71. The summed E-state index contributed by atoms with van der Waals surface area (Å²) in [5, 5.41) is 13.8. The summed E-state index contributed by atoms with van der Waals surface area (Å²) < 4.78 is 5.78. The minimum absolute atomic E-state index is 0.453. The maximum atomic E-state index is 5.78. The number of aryl methyl sites for hydroxylation is 2. The highest BCUT2D eigenvalue weighted by Crippen LogP contribution is 2.24. The zero-order valence-electron chi connectivity index (χ0n) is 10.3. The molecule has 1 aliphatic rings. The second-order valence-electron chi connectivity index (χ2n) is 4.64. The van der Waals surface area contributed by atoms with Crippen LogP contribution in [-0.4, -0.2) is 23.3 Å². The summed E-state index contributed by atoms with van der Waals surface area (Å²) in [5.41, 5.74) is 0. The van der Waals surface area contributed by atoms with E-state index in [0.717, 1.165) is 50.6 Å². The molecule has 0 bridgehead atoms. The van der Waals surface area contributed by atoms with E-state index in [4.69, 9.17) is 4.42 Å². The summed E-state index contributed by atoms with van der Waals surface area (Å²) in [6.07, 6.45) is 4.04. The van der Waals surface area contributed by atoms with Gasteiger partial charge in [-0.15, -0.1) is 21.5 Å². The molecular formula is C13H17N3OS. The molecule has 4 nitrogen and oxygen atoms in total. The topological polar surface area (TPSA) is 51.0 Å². The number of thiophene rings is 1. The lowest BCUT2D eigenvalue weighted by atomic mass is 9.98. The minimum Gasteiger partial charge on any atom is -0.425 e. The lowest BCUT2D eigenvalue weighted by molar-refractivity contribution is 0.360. The van der Waals surface area contributed by atoms with Crippen LogP contribution < -0.4 is 5.32 Å². The van der Waals surface area contributed by atoms with E-state index in [2.05, 4.69) is 33.0 Å². The van der Waals surface area contributed by atoms with Crippen LogP contribution in [0.4, 0.5) is 0 Å². The van der Waals surface area contributed by atoms with Gasteiger partial charge in [0, 0.05) is 17.2 Å². The first kappa shape index (κ1) is 11.9. The molecule has 2 aromatic rings. The Hall–Kier alpha value is -1.20. The Bertz CT molecular complexity index is 474. The fourth-order valence-electron chi connectivity index (χ4n) is 2.29. The molecule has 96 valence electrons. The standard InChI is InChI=1S/C13H17N3OS/c1-2-11(18-9-1)3-4-12-15-16-13(17-12)10-5-7-14-8-6-10/h1-2,9-10,14H,3-8H2. The molecule has 0 aliphatic carbocycles. The molecular weight excluding hydrogens is 246 g/mol. The first-order valence-corrected chi connectivity index (χ1v) is 7.35. The Balaban J connectivity index is 1.59. The van der Waals surface area contributed by atoms with Crippen molar-refractivity contribution in [2.45, 2.75) is 31.6 Å². The van der Waals surface area contributed by atoms with Crippen LogP contribution >= 0.6 is 11.3 Å². The molecule has 0 spiro atoms. The number of piperidine rings is 1. The molecule has 2 aromatic heterocycles. The predicted molar refractivity (Wildman–Crippen MR) is 70.9 cm³/mol. The SMILES string of the molecule is c1csc(CCc2nnc(C3CCNCC3)o2)c1. The van der Waals surface area contributed by atoms with Gasteiger partial charge in [-0.25, -0.2) is 0 Å². The van der Waals surface area contributed by atoms with Crippen molar-refractivity contribution in [2.24, 2.45) is 0 Å². The minimum atomic E-state index is 0.453. The third kappa shape index (κ3) is 2.79. The maximum Gasteiger partial charge on any atom is 0.219 e. The van der Waals surface area contributed by atoms with Crippen molar-refractivity contribution in [3.63, 3.8) is 0 Å². The lowest BCUT2D eigenvalue weighted by Crippen LogP contribution is -2.26. The zero-order valence-corrected chi connectivity index (χ0v) is 11.1. The van der Waals surface area contributed by atoms with E-state index in [-0.39, 0.29) is 0 Å². The molecule has 0 unspecified atom stereocenters.